The van der Waals surface area contributed by atoms with Crippen molar-refractivity contribution < 1.29 is 9.13 Å². The standard InChI is InChI=1S/C11H17FN2O/c1-11(7-13,8-15-2)14-10-6-4-3-5-9(10)12/h3-6,14H,7-8,13H2,1-2H3. The van der Waals surface area contributed by atoms with Crippen molar-refractivity contribution in [3.05, 3.63) is 30.1 Å². The van der Waals surface area contributed by atoms with Crippen molar-refractivity contribution in [2.45, 2.75) is 12.5 Å². The highest BCUT2D eigenvalue weighted by Crippen LogP contribution is 2.18. The topological polar surface area (TPSA) is 47.3 Å². The van der Waals surface area contributed by atoms with Crippen LogP contribution in [0.4, 0.5) is 10.1 Å². The predicted octanol–water partition coefficient (Wildman–Crippen LogP) is 1.60. The minimum atomic E-state index is -0.447. The first-order valence-corrected chi connectivity index (χ1v) is 4.83. The highest BCUT2D eigenvalue weighted by atomic mass is 19.1. The number of methoxy groups -OCH3 is 1. The molecule has 0 aliphatic rings. The Morgan fingerprint density at radius 2 is 2.13 bits per heavy atom. The molecule has 1 aromatic rings. The van der Waals surface area contributed by atoms with E-state index in [1.54, 1.807) is 25.3 Å². The van der Waals surface area contributed by atoms with Gasteiger partial charge in [0.25, 0.3) is 0 Å². The summed E-state index contributed by atoms with van der Waals surface area (Å²) in [6.45, 7) is 2.69. The lowest BCUT2D eigenvalue weighted by molar-refractivity contribution is 0.153. The minimum Gasteiger partial charge on any atom is -0.382 e. The van der Waals surface area contributed by atoms with Crippen LogP contribution in [0, 0.1) is 5.82 Å². The van der Waals surface area contributed by atoms with E-state index in [0.717, 1.165) is 0 Å². The van der Waals surface area contributed by atoms with E-state index in [1.165, 1.54) is 6.07 Å². The van der Waals surface area contributed by atoms with Gasteiger partial charge in [0.05, 0.1) is 17.8 Å². The van der Waals surface area contributed by atoms with Crippen LogP contribution >= 0.6 is 0 Å². The van der Waals surface area contributed by atoms with Gasteiger partial charge in [-0.3, -0.25) is 0 Å². The predicted molar refractivity (Wildman–Crippen MR) is 59.4 cm³/mol. The average molecular weight is 212 g/mol. The Kier molecular flexibility index (Phi) is 4.05. The zero-order valence-corrected chi connectivity index (χ0v) is 9.09. The number of halogens is 1. The van der Waals surface area contributed by atoms with E-state index in [-0.39, 0.29) is 5.82 Å². The van der Waals surface area contributed by atoms with E-state index in [0.29, 0.717) is 18.8 Å². The summed E-state index contributed by atoms with van der Waals surface area (Å²) in [5.41, 5.74) is 5.63. The van der Waals surface area contributed by atoms with Gasteiger partial charge in [-0.15, -0.1) is 0 Å². The van der Waals surface area contributed by atoms with Gasteiger partial charge in [-0.25, -0.2) is 4.39 Å². The summed E-state index contributed by atoms with van der Waals surface area (Å²) in [5.74, 6) is -0.284. The molecule has 0 bridgehead atoms. The highest BCUT2D eigenvalue weighted by molar-refractivity contribution is 5.46. The van der Waals surface area contributed by atoms with Crippen molar-refractivity contribution in [2.75, 3.05) is 25.6 Å². The van der Waals surface area contributed by atoms with Gasteiger partial charge in [0.15, 0.2) is 0 Å². The molecule has 0 spiro atoms. The normalized spacial score (nSPS) is 14.7. The van der Waals surface area contributed by atoms with Crippen LogP contribution in [-0.4, -0.2) is 25.8 Å². The minimum absolute atomic E-state index is 0.284. The van der Waals surface area contributed by atoms with E-state index in [9.17, 15) is 4.39 Å². The summed E-state index contributed by atoms with van der Waals surface area (Å²) in [6.07, 6.45) is 0. The Hall–Kier alpha value is -1.13. The number of nitrogens with two attached hydrogens (primary N) is 1. The van der Waals surface area contributed by atoms with Crippen LogP contribution in [0.15, 0.2) is 24.3 Å². The Balaban J connectivity index is 2.79. The number of nitrogens with one attached hydrogen (secondary N) is 1. The molecule has 1 atom stereocenters. The van der Waals surface area contributed by atoms with Crippen molar-refractivity contribution in [2.24, 2.45) is 5.73 Å². The zero-order chi connectivity index (χ0) is 11.3. The van der Waals surface area contributed by atoms with Gasteiger partial charge in [0.2, 0.25) is 0 Å². The third-order valence-corrected chi connectivity index (χ3v) is 2.22. The molecular formula is C11H17FN2O. The maximum atomic E-state index is 13.4. The van der Waals surface area contributed by atoms with Crippen molar-refractivity contribution in [1.29, 1.82) is 0 Å². The Morgan fingerprint density at radius 3 is 2.67 bits per heavy atom. The molecule has 0 amide bonds. The summed E-state index contributed by atoms with van der Waals surface area (Å²) in [5, 5.41) is 3.05. The van der Waals surface area contributed by atoms with Crippen LogP contribution in [-0.2, 0) is 4.74 Å². The summed E-state index contributed by atoms with van der Waals surface area (Å²) in [7, 11) is 1.59. The summed E-state index contributed by atoms with van der Waals surface area (Å²) in [4.78, 5) is 0. The molecule has 0 fully saturated rings. The fraction of sp³-hybridized carbons (Fsp3) is 0.455. The largest absolute Gasteiger partial charge is 0.382 e. The lowest BCUT2D eigenvalue weighted by Gasteiger charge is -2.29. The van der Waals surface area contributed by atoms with Crippen molar-refractivity contribution in [1.82, 2.24) is 0 Å². The first-order chi connectivity index (χ1) is 7.11. The molecule has 0 aliphatic carbocycles. The van der Waals surface area contributed by atoms with Gasteiger partial charge < -0.3 is 15.8 Å². The first kappa shape index (κ1) is 11.9. The molecule has 4 heteroatoms. The molecule has 1 aromatic carbocycles. The number of hydrogen-bond donors (Lipinski definition) is 2. The SMILES string of the molecule is COCC(C)(CN)Nc1ccccc1F. The van der Waals surface area contributed by atoms with Crippen LogP contribution in [0.3, 0.4) is 0 Å². The molecule has 3 nitrogen and oxygen atoms in total. The maximum Gasteiger partial charge on any atom is 0.146 e. The number of rotatable bonds is 5. The van der Waals surface area contributed by atoms with Gasteiger partial charge in [-0.2, -0.15) is 0 Å². The van der Waals surface area contributed by atoms with Crippen LogP contribution in [0.2, 0.25) is 0 Å². The molecule has 0 radical (unpaired) electrons. The second kappa shape index (κ2) is 5.09. The van der Waals surface area contributed by atoms with E-state index in [4.69, 9.17) is 10.5 Å². The lowest BCUT2D eigenvalue weighted by Crippen LogP contribution is -2.46. The van der Waals surface area contributed by atoms with Crippen molar-refractivity contribution in [3.63, 3.8) is 0 Å². The van der Waals surface area contributed by atoms with E-state index < -0.39 is 5.54 Å². The van der Waals surface area contributed by atoms with Crippen molar-refractivity contribution in [3.8, 4) is 0 Å². The van der Waals surface area contributed by atoms with Crippen LogP contribution < -0.4 is 11.1 Å². The quantitative estimate of drug-likeness (QED) is 0.779. The van der Waals surface area contributed by atoms with Crippen LogP contribution in [0.25, 0.3) is 0 Å². The number of para-hydroxylation sites is 1. The van der Waals surface area contributed by atoms with E-state index in [1.807, 2.05) is 6.92 Å². The monoisotopic (exact) mass is 212 g/mol. The summed E-state index contributed by atoms with van der Waals surface area (Å²) >= 11 is 0. The second-order valence-electron chi connectivity index (χ2n) is 3.80. The number of hydrogen-bond acceptors (Lipinski definition) is 3. The zero-order valence-electron chi connectivity index (χ0n) is 9.09. The van der Waals surface area contributed by atoms with Gasteiger partial charge in [-0.05, 0) is 19.1 Å². The molecule has 1 rings (SSSR count). The Morgan fingerprint density at radius 1 is 1.47 bits per heavy atom. The Bertz CT molecular complexity index is 319. The molecule has 3 N–H and O–H groups in total. The first-order valence-electron chi connectivity index (χ1n) is 4.83. The third-order valence-electron chi connectivity index (χ3n) is 2.22. The molecule has 84 valence electrons. The third kappa shape index (κ3) is 3.18. The average Bonchev–Trinajstić information content (AvgIpc) is 2.22. The van der Waals surface area contributed by atoms with Gasteiger partial charge in [0.1, 0.15) is 5.82 Å². The molecule has 15 heavy (non-hydrogen) atoms. The van der Waals surface area contributed by atoms with Gasteiger partial charge in [0, 0.05) is 13.7 Å². The lowest BCUT2D eigenvalue weighted by atomic mass is 10.0. The molecular weight excluding hydrogens is 195 g/mol. The number of anilines is 1. The second-order valence-corrected chi connectivity index (χ2v) is 3.80. The summed E-state index contributed by atoms with van der Waals surface area (Å²) < 4.78 is 18.4. The molecule has 1 unspecified atom stereocenters. The number of benzene rings is 1. The highest BCUT2D eigenvalue weighted by Gasteiger charge is 2.22. The molecule has 0 heterocycles. The molecule has 0 saturated carbocycles. The molecule has 0 saturated heterocycles. The fourth-order valence-electron chi connectivity index (χ4n) is 1.35. The van der Waals surface area contributed by atoms with Crippen molar-refractivity contribution >= 4 is 5.69 Å². The fourth-order valence-corrected chi connectivity index (χ4v) is 1.35. The van der Waals surface area contributed by atoms with Crippen LogP contribution in [0.1, 0.15) is 6.92 Å². The maximum absolute atomic E-state index is 13.4. The molecule has 0 aromatic heterocycles. The van der Waals surface area contributed by atoms with Crippen LogP contribution in [0.5, 0.6) is 0 Å². The number of ether oxygens (including phenoxy) is 1. The van der Waals surface area contributed by atoms with E-state index in [2.05, 4.69) is 5.32 Å². The van der Waals surface area contributed by atoms with Gasteiger partial charge >= 0.3 is 0 Å². The summed E-state index contributed by atoms with van der Waals surface area (Å²) in [6, 6.07) is 6.51. The van der Waals surface area contributed by atoms with E-state index >= 15 is 0 Å². The Labute approximate surface area is 89.4 Å². The van der Waals surface area contributed by atoms with Gasteiger partial charge in [-0.1, -0.05) is 12.1 Å². The smallest absolute Gasteiger partial charge is 0.146 e. The molecule has 0 aliphatic heterocycles.